The second-order valence-electron chi connectivity index (χ2n) is 5.08. The highest BCUT2D eigenvalue weighted by atomic mass is 35.5. The Balaban J connectivity index is 2.06. The first-order chi connectivity index (χ1) is 11.6. The Hall–Kier alpha value is -2.72. The highest BCUT2D eigenvalue weighted by molar-refractivity contribution is 6.35. The number of methoxy groups -OCH3 is 1. The van der Waals surface area contributed by atoms with E-state index in [1.807, 2.05) is 24.3 Å². The number of halogens is 1. The van der Waals surface area contributed by atoms with Crippen molar-refractivity contribution in [1.29, 1.82) is 0 Å². The first kappa shape index (κ1) is 16.1. The minimum Gasteiger partial charge on any atom is -0.497 e. The summed E-state index contributed by atoms with van der Waals surface area (Å²) in [6, 6.07) is 11.9. The van der Waals surface area contributed by atoms with Gasteiger partial charge in [-0.25, -0.2) is 0 Å². The number of rotatable bonds is 5. The smallest absolute Gasteiger partial charge is 0.194 e. The first-order valence-corrected chi connectivity index (χ1v) is 7.65. The third-order valence-corrected chi connectivity index (χ3v) is 3.80. The van der Waals surface area contributed by atoms with E-state index < -0.39 is 0 Å². The van der Waals surface area contributed by atoms with Gasteiger partial charge in [0.15, 0.2) is 5.43 Å². The Morgan fingerprint density at radius 3 is 2.58 bits per heavy atom. The molecule has 0 bridgehead atoms. The molecule has 0 aliphatic rings. The standard InChI is InChI=1S/C19H15ClO4/c1-3-8-23-13-6-4-12(5-7-13)17-11-16(21)19-15(20)9-14(22-2)10-18(19)24-17/h3-7,9-11H,1,8H2,2H3. The van der Waals surface area contributed by atoms with Crippen molar-refractivity contribution < 1.29 is 13.9 Å². The topological polar surface area (TPSA) is 48.7 Å². The second kappa shape index (κ2) is 6.81. The molecule has 0 saturated heterocycles. The molecule has 3 aromatic rings. The van der Waals surface area contributed by atoms with Gasteiger partial charge >= 0.3 is 0 Å². The fourth-order valence-electron chi connectivity index (χ4n) is 2.35. The van der Waals surface area contributed by atoms with Crippen LogP contribution in [0, 0.1) is 0 Å². The van der Waals surface area contributed by atoms with Gasteiger partial charge in [-0.1, -0.05) is 24.3 Å². The summed E-state index contributed by atoms with van der Waals surface area (Å²) < 4.78 is 16.5. The molecule has 0 amide bonds. The largest absolute Gasteiger partial charge is 0.497 e. The van der Waals surface area contributed by atoms with Gasteiger partial charge in [-0.15, -0.1) is 0 Å². The van der Waals surface area contributed by atoms with Gasteiger partial charge in [0.25, 0.3) is 0 Å². The zero-order chi connectivity index (χ0) is 17.1. The molecule has 0 unspecified atom stereocenters. The molecule has 0 saturated carbocycles. The average Bonchev–Trinajstić information content (AvgIpc) is 2.59. The van der Waals surface area contributed by atoms with Crippen LogP contribution in [0.3, 0.4) is 0 Å². The van der Waals surface area contributed by atoms with Crippen LogP contribution in [-0.2, 0) is 0 Å². The van der Waals surface area contributed by atoms with E-state index in [0.717, 1.165) is 5.56 Å². The molecule has 0 fully saturated rings. The van der Waals surface area contributed by atoms with E-state index in [2.05, 4.69) is 6.58 Å². The Morgan fingerprint density at radius 2 is 1.92 bits per heavy atom. The van der Waals surface area contributed by atoms with Crippen molar-refractivity contribution in [1.82, 2.24) is 0 Å². The van der Waals surface area contributed by atoms with E-state index in [1.165, 1.54) is 13.2 Å². The maximum Gasteiger partial charge on any atom is 0.194 e. The van der Waals surface area contributed by atoms with Crippen LogP contribution < -0.4 is 14.9 Å². The van der Waals surface area contributed by atoms with Crippen molar-refractivity contribution in [3.05, 3.63) is 70.4 Å². The molecule has 122 valence electrons. The SMILES string of the molecule is C=CCOc1ccc(-c2cc(=O)c3c(Cl)cc(OC)cc3o2)cc1. The zero-order valence-electron chi connectivity index (χ0n) is 13.0. The number of hydrogen-bond donors (Lipinski definition) is 0. The van der Waals surface area contributed by atoms with Crippen molar-refractivity contribution in [3.63, 3.8) is 0 Å². The molecule has 0 radical (unpaired) electrons. The van der Waals surface area contributed by atoms with Crippen LogP contribution in [-0.4, -0.2) is 13.7 Å². The molecule has 0 atom stereocenters. The van der Waals surface area contributed by atoms with Gasteiger partial charge in [0.1, 0.15) is 29.4 Å². The quantitative estimate of drug-likeness (QED) is 0.631. The Bertz CT molecular complexity index is 942. The number of ether oxygens (including phenoxy) is 2. The lowest BCUT2D eigenvalue weighted by molar-refractivity contribution is 0.363. The molecular weight excluding hydrogens is 328 g/mol. The fraction of sp³-hybridized carbons (Fsp3) is 0.105. The summed E-state index contributed by atoms with van der Waals surface area (Å²) in [4.78, 5) is 12.4. The molecule has 0 aliphatic carbocycles. The molecule has 5 heteroatoms. The van der Waals surface area contributed by atoms with Crippen molar-refractivity contribution in [2.45, 2.75) is 0 Å². The summed E-state index contributed by atoms with van der Waals surface area (Å²) in [5, 5.41) is 0.643. The van der Waals surface area contributed by atoms with Gasteiger partial charge in [0.2, 0.25) is 0 Å². The van der Waals surface area contributed by atoms with Crippen LogP contribution in [0.5, 0.6) is 11.5 Å². The van der Waals surface area contributed by atoms with Gasteiger partial charge in [0.05, 0.1) is 17.5 Å². The van der Waals surface area contributed by atoms with E-state index in [0.29, 0.717) is 39.9 Å². The van der Waals surface area contributed by atoms with Crippen LogP contribution in [0.25, 0.3) is 22.3 Å². The van der Waals surface area contributed by atoms with Crippen LogP contribution in [0.4, 0.5) is 0 Å². The first-order valence-electron chi connectivity index (χ1n) is 7.28. The number of fused-ring (bicyclic) bond motifs is 1. The van der Waals surface area contributed by atoms with E-state index >= 15 is 0 Å². The monoisotopic (exact) mass is 342 g/mol. The van der Waals surface area contributed by atoms with E-state index in [-0.39, 0.29) is 5.43 Å². The third kappa shape index (κ3) is 3.14. The zero-order valence-corrected chi connectivity index (χ0v) is 13.8. The number of benzene rings is 2. The number of hydrogen-bond acceptors (Lipinski definition) is 4. The van der Waals surface area contributed by atoms with Gasteiger partial charge in [-0.05, 0) is 30.3 Å². The molecule has 3 rings (SSSR count). The summed E-state index contributed by atoms with van der Waals surface area (Å²) in [6.07, 6.45) is 1.67. The van der Waals surface area contributed by atoms with E-state index in [9.17, 15) is 4.79 Å². The Morgan fingerprint density at radius 1 is 1.17 bits per heavy atom. The molecule has 1 heterocycles. The molecular formula is C19H15ClO4. The normalized spacial score (nSPS) is 10.6. The summed E-state index contributed by atoms with van der Waals surface area (Å²) in [7, 11) is 1.53. The highest BCUT2D eigenvalue weighted by Crippen LogP contribution is 2.30. The summed E-state index contributed by atoms with van der Waals surface area (Å²) >= 11 is 6.15. The third-order valence-electron chi connectivity index (χ3n) is 3.50. The highest BCUT2D eigenvalue weighted by Gasteiger charge is 2.12. The second-order valence-corrected chi connectivity index (χ2v) is 5.49. The minimum absolute atomic E-state index is 0.203. The molecule has 24 heavy (non-hydrogen) atoms. The average molecular weight is 343 g/mol. The molecule has 0 spiro atoms. The molecule has 0 N–H and O–H groups in total. The van der Waals surface area contributed by atoms with Gasteiger partial charge < -0.3 is 13.9 Å². The minimum atomic E-state index is -0.203. The molecule has 0 aliphatic heterocycles. The van der Waals surface area contributed by atoms with Crippen molar-refractivity contribution in [3.8, 4) is 22.8 Å². The summed E-state index contributed by atoms with van der Waals surface area (Å²) in [5.74, 6) is 1.69. The fourth-order valence-corrected chi connectivity index (χ4v) is 2.64. The molecule has 4 nitrogen and oxygen atoms in total. The van der Waals surface area contributed by atoms with E-state index in [4.69, 9.17) is 25.5 Å². The van der Waals surface area contributed by atoms with Crippen LogP contribution in [0.15, 0.2) is 64.3 Å². The van der Waals surface area contributed by atoms with Gasteiger partial charge in [0, 0.05) is 17.7 Å². The van der Waals surface area contributed by atoms with Crippen LogP contribution in [0.1, 0.15) is 0 Å². The van der Waals surface area contributed by atoms with Gasteiger partial charge in [-0.2, -0.15) is 0 Å². The molecule has 2 aromatic carbocycles. The van der Waals surface area contributed by atoms with Crippen molar-refractivity contribution >= 4 is 22.6 Å². The lowest BCUT2D eigenvalue weighted by atomic mass is 10.1. The predicted octanol–water partition coefficient (Wildman–Crippen LogP) is 4.69. The summed E-state index contributed by atoms with van der Waals surface area (Å²) in [5.41, 5.74) is 0.943. The Labute approximate surface area is 143 Å². The van der Waals surface area contributed by atoms with Crippen LogP contribution >= 0.6 is 11.6 Å². The maximum atomic E-state index is 12.4. The maximum absolute atomic E-state index is 12.4. The lowest BCUT2D eigenvalue weighted by Gasteiger charge is -2.08. The van der Waals surface area contributed by atoms with Gasteiger partial charge in [-0.3, -0.25) is 4.79 Å². The van der Waals surface area contributed by atoms with E-state index in [1.54, 1.807) is 18.2 Å². The Kier molecular flexibility index (Phi) is 4.58. The molecule has 1 aromatic heterocycles. The van der Waals surface area contributed by atoms with Crippen molar-refractivity contribution in [2.75, 3.05) is 13.7 Å². The summed E-state index contributed by atoms with van der Waals surface area (Å²) in [6.45, 7) is 4.04. The lowest BCUT2D eigenvalue weighted by Crippen LogP contribution is -2.01. The van der Waals surface area contributed by atoms with Crippen LogP contribution in [0.2, 0.25) is 5.02 Å². The predicted molar refractivity (Wildman–Crippen MR) is 95.2 cm³/mol. The van der Waals surface area contributed by atoms with Crippen molar-refractivity contribution in [2.24, 2.45) is 0 Å².